The van der Waals surface area contributed by atoms with Crippen LogP contribution in [-0.2, 0) is 13.0 Å². The van der Waals surface area contributed by atoms with Gasteiger partial charge in [0.05, 0.1) is 15.7 Å². The number of tetrazole rings is 1. The maximum Gasteiger partial charge on any atom is 0.255 e. The highest BCUT2D eigenvalue weighted by molar-refractivity contribution is 7.16. The van der Waals surface area contributed by atoms with Crippen LogP contribution in [0.4, 0.5) is 5.69 Å². The van der Waals surface area contributed by atoms with Crippen LogP contribution in [0, 0.1) is 0 Å². The molecule has 0 saturated heterocycles. The van der Waals surface area contributed by atoms with Gasteiger partial charge in [0.25, 0.3) is 11.8 Å². The fourth-order valence-corrected chi connectivity index (χ4v) is 4.95. The standard InChI is InChI=1S/C25H19N7O2S/c33-24(27-20-6-3-16(4-7-20)23-28-30-31-29-23)17-2-1-15-9-10-32(13-19(15)11-17)25(34)18-5-8-21-22(12-18)35-14-26-21/h1-8,11-12,14H,9-10,13H2,(H,27,33)(H,28,29,30,31). The maximum absolute atomic E-state index is 13.2. The van der Waals surface area contributed by atoms with E-state index in [1.165, 1.54) is 11.3 Å². The van der Waals surface area contributed by atoms with Gasteiger partial charge in [-0.3, -0.25) is 9.59 Å². The average Bonchev–Trinajstić information content (AvgIpc) is 3.60. The van der Waals surface area contributed by atoms with Crippen molar-refractivity contribution in [1.29, 1.82) is 0 Å². The summed E-state index contributed by atoms with van der Waals surface area (Å²) in [5.74, 6) is 0.269. The molecule has 35 heavy (non-hydrogen) atoms. The van der Waals surface area contributed by atoms with Gasteiger partial charge in [-0.2, -0.15) is 5.21 Å². The van der Waals surface area contributed by atoms with Gasteiger partial charge >= 0.3 is 0 Å². The van der Waals surface area contributed by atoms with Crippen molar-refractivity contribution in [3.05, 3.63) is 88.4 Å². The smallest absolute Gasteiger partial charge is 0.255 e. The molecule has 0 saturated carbocycles. The first-order valence-corrected chi connectivity index (χ1v) is 11.9. The number of H-pyrrole nitrogens is 1. The monoisotopic (exact) mass is 481 g/mol. The van der Waals surface area contributed by atoms with Gasteiger partial charge in [0.2, 0.25) is 5.82 Å². The summed E-state index contributed by atoms with van der Waals surface area (Å²) in [5, 5.41) is 16.8. The zero-order valence-electron chi connectivity index (χ0n) is 18.4. The maximum atomic E-state index is 13.2. The molecular weight excluding hydrogens is 462 g/mol. The van der Waals surface area contributed by atoms with Crippen molar-refractivity contribution in [2.75, 3.05) is 11.9 Å². The molecule has 6 rings (SSSR count). The summed E-state index contributed by atoms with van der Waals surface area (Å²) in [6.45, 7) is 1.11. The minimum atomic E-state index is -0.209. The second-order valence-electron chi connectivity index (χ2n) is 8.26. The van der Waals surface area contributed by atoms with Gasteiger partial charge in [-0.05, 0) is 77.4 Å². The fourth-order valence-electron chi connectivity index (χ4n) is 4.23. The summed E-state index contributed by atoms with van der Waals surface area (Å²) in [5.41, 5.74) is 7.49. The summed E-state index contributed by atoms with van der Waals surface area (Å²) in [4.78, 5) is 32.2. The second kappa shape index (κ2) is 8.73. The van der Waals surface area contributed by atoms with E-state index in [0.29, 0.717) is 35.7 Å². The van der Waals surface area contributed by atoms with Crippen LogP contribution < -0.4 is 5.32 Å². The molecule has 9 nitrogen and oxygen atoms in total. The fraction of sp³-hybridized carbons (Fsp3) is 0.120. The van der Waals surface area contributed by atoms with E-state index in [4.69, 9.17) is 0 Å². The molecule has 0 bridgehead atoms. The number of carbonyl (C=O) groups excluding carboxylic acids is 2. The highest BCUT2D eigenvalue weighted by atomic mass is 32.1. The van der Waals surface area contributed by atoms with Crippen molar-refractivity contribution >= 4 is 39.1 Å². The lowest BCUT2D eigenvalue weighted by Gasteiger charge is -2.29. The number of carbonyl (C=O) groups is 2. The number of nitrogens with zero attached hydrogens (tertiary/aromatic N) is 5. The average molecular weight is 482 g/mol. The van der Waals surface area contributed by atoms with Crippen molar-refractivity contribution in [3.63, 3.8) is 0 Å². The minimum absolute atomic E-state index is 0.0116. The molecule has 1 aliphatic heterocycles. The van der Waals surface area contributed by atoms with Crippen LogP contribution in [0.5, 0.6) is 0 Å². The topological polar surface area (TPSA) is 117 Å². The molecule has 2 N–H and O–H groups in total. The molecular formula is C25H19N7O2S. The number of benzene rings is 3. The lowest BCUT2D eigenvalue weighted by molar-refractivity contribution is 0.0735. The number of aromatic amines is 1. The van der Waals surface area contributed by atoms with E-state index in [-0.39, 0.29) is 11.8 Å². The van der Waals surface area contributed by atoms with Crippen molar-refractivity contribution in [2.24, 2.45) is 0 Å². The van der Waals surface area contributed by atoms with Crippen molar-refractivity contribution in [3.8, 4) is 11.4 Å². The molecule has 0 atom stereocenters. The van der Waals surface area contributed by atoms with E-state index in [2.05, 4.69) is 30.9 Å². The van der Waals surface area contributed by atoms with E-state index in [1.807, 2.05) is 53.4 Å². The third kappa shape index (κ3) is 4.15. The Balaban J connectivity index is 1.17. The Morgan fingerprint density at radius 3 is 2.66 bits per heavy atom. The number of hydrogen-bond acceptors (Lipinski definition) is 7. The minimum Gasteiger partial charge on any atom is -0.334 e. The Labute approximate surface area is 203 Å². The van der Waals surface area contributed by atoms with Crippen LogP contribution in [0.15, 0.2) is 66.2 Å². The Kier molecular flexibility index (Phi) is 5.27. The summed E-state index contributed by atoms with van der Waals surface area (Å²) in [6.07, 6.45) is 0.753. The van der Waals surface area contributed by atoms with Gasteiger partial charge in [-0.25, -0.2) is 4.98 Å². The lowest BCUT2D eigenvalue weighted by atomic mass is 9.96. The largest absolute Gasteiger partial charge is 0.334 e. The SMILES string of the molecule is O=C(Nc1ccc(-c2nn[nH]n2)cc1)c1ccc2c(c1)CN(C(=O)c1ccc3ncsc3c1)CC2. The first-order valence-electron chi connectivity index (χ1n) is 11.0. The summed E-state index contributed by atoms with van der Waals surface area (Å²) in [6, 6.07) is 18.5. The molecule has 3 aromatic carbocycles. The molecule has 172 valence electrons. The van der Waals surface area contributed by atoms with Gasteiger partial charge < -0.3 is 10.2 Å². The number of amides is 2. The first-order chi connectivity index (χ1) is 17.1. The van der Waals surface area contributed by atoms with Crippen LogP contribution in [-0.4, -0.2) is 48.9 Å². The molecule has 5 aromatic rings. The van der Waals surface area contributed by atoms with E-state index in [9.17, 15) is 9.59 Å². The number of anilines is 1. The molecule has 0 unspecified atom stereocenters. The number of rotatable bonds is 4. The van der Waals surface area contributed by atoms with Crippen LogP contribution in [0.2, 0.25) is 0 Å². The zero-order valence-corrected chi connectivity index (χ0v) is 19.2. The molecule has 0 aliphatic carbocycles. The summed E-state index contributed by atoms with van der Waals surface area (Å²) in [7, 11) is 0. The van der Waals surface area contributed by atoms with Crippen LogP contribution in [0.3, 0.4) is 0 Å². The van der Waals surface area contributed by atoms with Gasteiger partial charge in [0.1, 0.15) is 0 Å². The van der Waals surface area contributed by atoms with E-state index in [0.717, 1.165) is 33.3 Å². The lowest BCUT2D eigenvalue weighted by Crippen LogP contribution is -2.36. The third-order valence-electron chi connectivity index (χ3n) is 6.09. The van der Waals surface area contributed by atoms with Crippen molar-refractivity contribution in [2.45, 2.75) is 13.0 Å². The van der Waals surface area contributed by atoms with Crippen LogP contribution in [0.1, 0.15) is 31.8 Å². The van der Waals surface area contributed by atoms with E-state index in [1.54, 1.807) is 17.6 Å². The number of nitrogens with one attached hydrogen (secondary N) is 2. The van der Waals surface area contributed by atoms with E-state index >= 15 is 0 Å². The van der Waals surface area contributed by atoms with Gasteiger partial charge in [-0.15, -0.1) is 21.5 Å². The molecule has 2 amide bonds. The van der Waals surface area contributed by atoms with Crippen molar-refractivity contribution < 1.29 is 9.59 Å². The number of fused-ring (bicyclic) bond motifs is 2. The zero-order chi connectivity index (χ0) is 23.8. The summed E-state index contributed by atoms with van der Waals surface area (Å²) < 4.78 is 0.998. The highest BCUT2D eigenvalue weighted by Crippen LogP contribution is 2.25. The van der Waals surface area contributed by atoms with Gasteiger partial charge in [0.15, 0.2) is 0 Å². The predicted molar refractivity (Wildman–Crippen MR) is 132 cm³/mol. The molecule has 10 heteroatoms. The number of thiazole rings is 1. The highest BCUT2D eigenvalue weighted by Gasteiger charge is 2.23. The first kappa shape index (κ1) is 21.1. The normalized spacial score (nSPS) is 13.0. The van der Waals surface area contributed by atoms with Gasteiger partial charge in [0, 0.05) is 35.5 Å². The number of aromatic nitrogens is 5. The molecule has 1 aliphatic rings. The quantitative estimate of drug-likeness (QED) is 0.402. The molecule has 0 spiro atoms. The van der Waals surface area contributed by atoms with Crippen LogP contribution >= 0.6 is 11.3 Å². The molecule has 0 radical (unpaired) electrons. The van der Waals surface area contributed by atoms with Crippen molar-refractivity contribution in [1.82, 2.24) is 30.5 Å². The second-order valence-corrected chi connectivity index (χ2v) is 9.15. The summed E-state index contributed by atoms with van der Waals surface area (Å²) >= 11 is 1.52. The Morgan fingerprint density at radius 2 is 1.83 bits per heavy atom. The molecule has 3 heterocycles. The molecule has 0 fully saturated rings. The Bertz CT molecular complexity index is 1540. The molecule has 2 aromatic heterocycles. The Hall–Kier alpha value is -4.44. The van der Waals surface area contributed by atoms with Gasteiger partial charge in [-0.1, -0.05) is 6.07 Å². The number of hydrogen-bond donors (Lipinski definition) is 2. The van der Waals surface area contributed by atoms with E-state index < -0.39 is 0 Å². The van der Waals surface area contributed by atoms with Crippen LogP contribution in [0.25, 0.3) is 21.6 Å². The third-order valence-corrected chi connectivity index (χ3v) is 6.88. The predicted octanol–water partition coefficient (Wildman–Crippen LogP) is 3.93. The Morgan fingerprint density at radius 1 is 0.971 bits per heavy atom.